The standard InChI is InChI=1S/C12H25N3O/c1-9(2)10-7-13-12(3,4)8-15(10)11(16)14(5)6/h9-10,13H,7-8H2,1-6H3. The van der Waals surface area contributed by atoms with Gasteiger partial charge in [-0.15, -0.1) is 0 Å². The Labute approximate surface area is 99.0 Å². The van der Waals surface area contributed by atoms with E-state index in [1.807, 2.05) is 19.0 Å². The highest BCUT2D eigenvalue weighted by molar-refractivity contribution is 5.74. The van der Waals surface area contributed by atoms with Crippen molar-refractivity contribution in [1.82, 2.24) is 15.1 Å². The number of nitrogens with zero attached hydrogens (tertiary/aromatic N) is 2. The largest absolute Gasteiger partial charge is 0.331 e. The van der Waals surface area contributed by atoms with Gasteiger partial charge in [0.25, 0.3) is 0 Å². The smallest absolute Gasteiger partial charge is 0.319 e. The first-order chi connectivity index (χ1) is 7.24. The van der Waals surface area contributed by atoms with Crippen LogP contribution in [0.15, 0.2) is 0 Å². The molecule has 0 aromatic heterocycles. The lowest BCUT2D eigenvalue weighted by Gasteiger charge is -2.46. The third-order valence-corrected chi connectivity index (χ3v) is 3.15. The average Bonchev–Trinajstić information content (AvgIpc) is 2.14. The molecule has 0 bridgehead atoms. The van der Waals surface area contributed by atoms with E-state index >= 15 is 0 Å². The predicted molar refractivity (Wildman–Crippen MR) is 66.5 cm³/mol. The third-order valence-electron chi connectivity index (χ3n) is 3.15. The fourth-order valence-electron chi connectivity index (χ4n) is 2.15. The molecule has 1 fully saturated rings. The van der Waals surface area contributed by atoms with Crippen LogP contribution in [0.25, 0.3) is 0 Å². The Balaban J connectivity index is 2.84. The van der Waals surface area contributed by atoms with Gasteiger partial charge >= 0.3 is 6.03 Å². The van der Waals surface area contributed by atoms with Crippen LogP contribution >= 0.6 is 0 Å². The maximum atomic E-state index is 12.1. The molecule has 94 valence electrons. The molecule has 1 atom stereocenters. The van der Waals surface area contributed by atoms with Crippen molar-refractivity contribution in [1.29, 1.82) is 0 Å². The van der Waals surface area contributed by atoms with Crippen LogP contribution < -0.4 is 5.32 Å². The molecule has 4 heteroatoms. The Hall–Kier alpha value is -0.770. The number of hydrogen-bond acceptors (Lipinski definition) is 2. The molecule has 1 rings (SSSR count). The SMILES string of the molecule is CC(C)C1CNC(C)(C)CN1C(=O)N(C)C. The molecule has 1 N–H and O–H groups in total. The van der Waals surface area contributed by atoms with Crippen LogP contribution in [-0.2, 0) is 0 Å². The number of rotatable bonds is 1. The average molecular weight is 227 g/mol. The minimum absolute atomic E-state index is 0.0110. The van der Waals surface area contributed by atoms with Gasteiger partial charge < -0.3 is 15.1 Å². The molecule has 1 heterocycles. The van der Waals surface area contributed by atoms with Crippen molar-refractivity contribution >= 4 is 6.03 Å². The number of hydrogen-bond donors (Lipinski definition) is 1. The highest BCUT2D eigenvalue weighted by atomic mass is 16.2. The number of amides is 2. The Kier molecular flexibility index (Phi) is 3.84. The van der Waals surface area contributed by atoms with Crippen molar-refractivity contribution in [3.63, 3.8) is 0 Å². The van der Waals surface area contributed by atoms with Gasteiger partial charge in [0.05, 0.1) is 0 Å². The number of carbonyl (C=O) groups is 1. The fraction of sp³-hybridized carbons (Fsp3) is 0.917. The Morgan fingerprint density at radius 3 is 2.44 bits per heavy atom. The molecule has 0 aliphatic carbocycles. The first-order valence-electron chi connectivity index (χ1n) is 5.97. The van der Waals surface area contributed by atoms with E-state index in [1.54, 1.807) is 4.90 Å². The van der Waals surface area contributed by atoms with Gasteiger partial charge in [0.2, 0.25) is 0 Å². The third kappa shape index (κ3) is 2.88. The van der Waals surface area contributed by atoms with Crippen LogP contribution in [0.5, 0.6) is 0 Å². The zero-order valence-electron chi connectivity index (χ0n) is 11.4. The number of urea groups is 1. The maximum Gasteiger partial charge on any atom is 0.319 e. The van der Waals surface area contributed by atoms with Crippen molar-refractivity contribution < 1.29 is 4.79 Å². The summed E-state index contributed by atoms with van der Waals surface area (Å²) in [6.07, 6.45) is 0. The highest BCUT2D eigenvalue weighted by Crippen LogP contribution is 2.21. The molecule has 0 aromatic rings. The summed E-state index contributed by atoms with van der Waals surface area (Å²) in [5.41, 5.74) is 0.0110. The van der Waals surface area contributed by atoms with Crippen LogP contribution in [0, 0.1) is 5.92 Å². The van der Waals surface area contributed by atoms with Crippen LogP contribution in [-0.4, -0.2) is 54.6 Å². The molecule has 0 spiro atoms. The second kappa shape index (κ2) is 4.62. The van der Waals surface area contributed by atoms with Gasteiger partial charge in [-0.3, -0.25) is 0 Å². The second-order valence-corrected chi connectivity index (χ2v) is 5.88. The van der Waals surface area contributed by atoms with Crippen LogP contribution in [0.3, 0.4) is 0 Å². The Morgan fingerprint density at radius 2 is 2.00 bits per heavy atom. The lowest BCUT2D eigenvalue weighted by molar-refractivity contribution is 0.0785. The summed E-state index contributed by atoms with van der Waals surface area (Å²) in [5.74, 6) is 0.479. The van der Waals surface area contributed by atoms with Gasteiger partial charge in [-0.25, -0.2) is 4.79 Å². The van der Waals surface area contributed by atoms with Crippen molar-refractivity contribution in [3.8, 4) is 0 Å². The number of piperazine rings is 1. The molecular weight excluding hydrogens is 202 g/mol. The molecule has 0 aromatic carbocycles. The topological polar surface area (TPSA) is 35.6 Å². The van der Waals surface area contributed by atoms with Crippen LogP contribution in [0.1, 0.15) is 27.7 Å². The summed E-state index contributed by atoms with van der Waals surface area (Å²) in [6.45, 7) is 10.3. The minimum atomic E-state index is 0.0110. The van der Waals surface area contributed by atoms with E-state index in [0.29, 0.717) is 12.0 Å². The molecule has 2 amide bonds. The molecule has 1 saturated heterocycles. The normalized spacial score (nSPS) is 24.7. The predicted octanol–water partition coefficient (Wildman–Crippen LogP) is 1.38. The van der Waals surface area contributed by atoms with Crippen molar-refractivity contribution in [2.45, 2.75) is 39.3 Å². The monoisotopic (exact) mass is 227 g/mol. The first kappa shape index (κ1) is 13.3. The van der Waals surface area contributed by atoms with E-state index in [-0.39, 0.29) is 11.6 Å². The fourth-order valence-corrected chi connectivity index (χ4v) is 2.15. The van der Waals surface area contributed by atoms with E-state index in [0.717, 1.165) is 13.1 Å². The van der Waals surface area contributed by atoms with Crippen LogP contribution in [0.4, 0.5) is 4.79 Å². The highest BCUT2D eigenvalue weighted by Gasteiger charge is 2.37. The minimum Gasteiger partial charge on any atom is -0.331 e. The maximum absolute atomic E-state index is 12.1. The molecule has 1 unspecified atom stereocenters. The Morgan fingerprint density at radius 1 is 1.44 bits per heavy atom. The summed E-state index contributed by atoms with van der Waals surface area (Å²) in [7, 11) is 3.63. The molecular formula is C12H25N3O. The van der Waals surface area contributed by atoms with E-state index in [9.17, 15) is 4.79 Å². The van der Waals surface area contributed by atoms with Gasteiger partial charge in [-0.05, 0) is 19.8 Å². The zero-order chi connectivity index (χ0) is 12.5. The molecule has 0 radical (unpaired) electrons. The van der Waals surface area contributed by atoms with E-state index in [1.165, 1.54) is 0 Å². The lowest BCUT2D eigenvalue weighted by atomic mass is 9.93. The molecule has 1 aliphatic heterocycles. The van der Waals surface area contributed by atoms with E-state index in [2.05, 4.69) is 33.0 Å². The molecule has 16 heavy (non-hydrogen) atoms. The molecule has 1 aliphatic rings. The van der Waals surface area contributed by atoms with Gasteiger partial charge in [0.15, 0.2) is 0 Å². The quantitative estimate of drug-likeness (QED) is 0.734. The molecule has 4 nitrogen and oxygen atoms in total. The molecule has 0 saturated carbocycles. The van der Waals surface area contributed by atoms with Gasteiger partial charge in [-0.1, -0.05) is 13.8 Å². The van der Waals surface area contributed by atoms with Crippen molar-refractivity contribution in [3.05, 3.63) is 0 Å². The van der Waals surface area contributed by atoms with Crippen molar-refractivity contribution in [2.24, 2.45) is 5.92 Å². The van der Waals surface area contributed by atoms with E-state index in [4.69, 9.17) is 0 Å². The van der Waals surface area contributed by atoms with Gasteiger partial charge in [0, 0.05) is 38.8 Å². The van der Waals surface area contributed by atoms with Crippen LogP contribution in [0.2, 0.25) is 0 Å². The summed E-state index contributed by atoms with van der Waals surface area (Å²) in [5, 5.41) is 3.50. The Bertz CT molecular complexity index is 261. The summed E-state index contributed by atoms with van der Waals surface area (Å²) in [4.78, 5) is 15.8. The second-order valence-electron chi connectivity index (χ2n) is 5.88. The summed E-state index contributed by atoms with van der Waals surface area (Å²) < 4.78 is 0. The first-order valence-corrected chi connectivity index (χ1v) is 5.97. The van der Waals surface area contributed by atoms with Gasteiger partial charge in [0.1, 0.15) is 0 Å². The summed E-state index contributed by atoms with van der Waals surface area (Å²) in [6, 6.07) is 0.413. The lowest BCUT2D eigenvalue weighted by Crippen LogP contribution is -2.65. The number of nitrogens with one attached hydrogen (secondary N) is 1. The number of carbonyl (C=O) groups excluding carboxylic acids is 1. The zero-order valence-corrected chi connectivity index (χ0v) is 11.4. The van der Waals surface area contributed by atoms with Gasteiger partial charge in [-0.2, -0.15) is 0 Å². The van der Waals surface area contributed by atoms with Crippen molar-refractivity contribution in [2.75, 3.05) is 27.2 Å². The summed E-state index contributed by atoms with van der Waals surface area (Å²) >= 11 is 0. The van der Waals surface area contributed by atoms with E-state index < -0.39 is 0 Å².